The summed E-state index contributed by atoms with van der Waals surface area (Å²) in [5, 5.41) is 3.02. The molecule has 0 fully saturated rings. The zero-order valence-corrected chi connectivity index (χ0v) is 7.42. The first-order valence-corrected chi connectivity index (χ1v) is 3.98. The van der Waals surface area contributed by atoms with E-state index in [4.69, 9.17) is 0 Å². The molecule has 0 saturated heterocycles. The fraction of sp³-hybridized carbons (Fsp3) is 0.300. The van der Waals surface area contributed by atoms with Gasteiger partial charge in [-0.3, -0.25) is 4.79 Å². The fourth-order valence-electron chi connectivity index (χ4n) is 1.08. The summed E-state index contributed by atoms with van der Waals surface area (Å²) in [4.78, 5) is 10.8. The molecule has 0 atom stereocenters. The molecule has 1 aromatic rings. The number of rotatable bonds is 3. The minimum Gasteiger partial charge on any atom is -0.388 e. The Kier molecular flexibility index (Phi) is 2.86. The number of carbonyl (C=O) groups is 1. The number of hydrogen-bond donors (Lipinski definition) is 1. The number of Topliss-reactive ketones (excluding diaryl/α,β-unsaturated/α-hetero) is 1. The van der Waals surface area contributed by atoms with Crippen LogP contribution in [-0.4, -0.2) is 12.8 Å². The number of nitrogens with one attached hydrogen (secondary N) is 1. The largest absolute Gasteiger partial charge is 0.388 e. The van der Waals surface area contributed by atoms with Crippen molar-refractivity contribution in [3.05, 3.63) is 29.8 Å². The normalized spacial score (nSPS) is 9.50. The molecule has 1 aromatic carbocycles. The summed E-state index contributed by atoms with van der Waals surface area (Å²) in [5.41, 5.74) is 2.14. The van der Waals surface area contributed by atoms with Crippen LogP contribution in [0.25, 0.3) is 0 Å². The van der Waals surface area contributed by atoms with E-state index in [0.717, 1.165) is 11.3 Å². The smallest absolute Gasteiger partial charge is 0.134 e. The highest BCUT2D eigenvalue weighted by molar-refractivity contribution is 5.78. The average Bonchev–Trinajstić information content (AvgIpc) is 2.05. The first-order chi connectivity index (χ1) is 5.72. The summed E-state index contributed by atoms with van der Waals surface area (Å²) >= 11 is 0. The maximum Gasteiger partial charge on any atom is 0.134 e. The Labute approximate surface area is 72.6 Å². The number of anilines is 1. The molecule has 2 heteroatoms. The van der Waals surface area contributed by atoms with Gasteiger partial charge in [0.1, 0.15) is 5.78 Å². The summed E-state index contributed by atoms with van der Waals surface area (Å²) in [6, 6.07) is 7.87. The second-order valence-corrected chi connectivity index (χ2v) is 2.83. The topological polar surface area (TPSA) is 29.1 Å². The Balaban J connectivity index is 2.71. The van der Waals surface area contributed by atoms with E-state index in [9.17, 15) is 4.79 Å². The maximum atomic E-state index is 10.8. The number of carbonyl (C=O) groups excluding carboxylic acids is 1. The Bertz CT molecular complexity index is 264. The molecule has 0 aliphatic rings. The van der Waals surface area contributed by atoms with E-state index in [2.05, 4.69) is 5.32 Å². The molecule has 0 aromatic heterocycles. The molecule has 0 amide bonds. The van der Waals surface area contributed by atoms with Crippen LogP contribution >= 0.6 is 0 Å². The minimum atomic E-state index is 0.201. The summed E-state index contributed by atoms with van der Waals surface area (Å²) in [7, 11) is 1.87. The zero-order valence-electron chi connectivity index (χ0n) is 7.42. The molecule has 0 bridgehead atoms. The van der Waals surface area contributed by atoms with Gasteiger partial charge in [-0.05, 0) is 24.6 Å². The van der Waals surface area contributed by atoms with E-state index in [1.165, 1.54) is 0 Å². The van der Waals surface area contributed by atoms with E-state index in [0.29, 0.717) is 6.42 Å². The van der Waals surface area contributed by atoms with Crippen LogP contribution in [0.2, 0.25) is 0 Å². The molecule has 0 unspecified atom stereocenters. The van der Waals surface area contributed by atoms with E-state index in [-0.39, 0.29) is 5.78 Å². The number of benzene rings is 1. The molecule has 0 radical (unpaired) electrons. The van der Waals surface area contributed by atoms with Crippen LogP contribution in [0.4, 0.5) is 5.69 Å². The Hall–Kier alpha value is -1.31. The standard InChI is InChI=1S/C10H13NO/c1-8(12)7-9-3-5-10(11-2)6-4-9/h3-6,11H,7H2,1-2H3. The SMILES string of the molecule is CNc1ccc(CC(C)=O)cc1. The molecular formula is C10H13NO. The monoisotopic (exact) mass is 163 g/mol. The second-order valence-electron chi connectivity index (χ2n) is 2.83. The van der Waals surface area contributed by atoms with Crippen molar-refractivity contribution >= 4 is 11.5 Å². The van der Waals surface area contributed by atoms with Crippen molar-refractivity contribution in [3.63, 3.8) is 0 Å². The first kappa shape index (κ1) is 8.78. The van der Waals surface area contributed by atoms with Gasteiger partial charge < -0.3 is 5.32 Å². The van der Waals surface area contributed by atoms with Crippen molar-refractivity contribution in [2.75, 3.05) is 12.4 Å². The lowest BCUT2D eigenvalue weighted by atomic mass is 10.1. The third-order valence-corrected chi connectivity index (χ3v) is 1.70. The highest BCUT2D eigenvalue weighted by Gasteiger charge is 1.96. The lowest BCUT2D eigenvalue weighted by Crippen LogP contribution is -1.96. The van der Waals surface area contributed by atoms with Crippen LogP contribution in [0, 0.1) is 0 Å². The van der Waals surface area contributed by atoms with Crippen LogP contribution in [0.5, 0.6) is 0 Å². The van der Waals surface area contributed by atoms with Crippen molar-refractivity contribution in [1.82, 2.24) is 0 Å². The third-order valence-electron chi connectivity index (χ3n) is 1.70. The lowest BCUT2D eigenvalue weighted by Gasteiger charge is -2.00. The second kappa shape index (κ2) is 3.90. The van der Waals surface area contributed by atoms with Gasteiger partial charge in [-0.1, -0.05) is 12.1 Å². The van der Waals surface area contributed by atoms with Crippen LogP contribution in [0.1, 0.15) is 12.5 Å². The quantitative estimate of drug-likeness (QED) is 0.736. The number of ketones is 1. The number of hydrogen-bond acceptors (Lipinski definition) is 2. The highest BCUT2D eigenvalue weighted by Crippen LogP contribution is 2.08. The summed E-state index contributed by atoms with van der Waals surface area (Å²) in [5.74, 6) is 0.201. The maximum absolute atomic E-state index is 10.8. The highest BCUT2D eigenvalue weighted by atomic mass is 16.1. The lowest BCUT2D eigenvalue weighted by molar-refractivity contribution is -0.116. The van der Waals surface area contributed by atoms with Gasteiger partial charge in [0, 0.05) is 19.2 Å². The van der Waals surface area contributed by atoms with Gasteiger partial charge in [0.15, 0.2) is 0 Å². The van der Waals surface area contributed by atoms with E-state index >= 15 is 0 Å². The van der Waals surface area contributed by atoms with Crippen LogP contribution in [0.3, 0.4) is 0 Å². The molecule has 2 nitrogen and oxygen atoms in total. The molecule has 12 heavy (non-hydrogen) atoms. The van der Waals surface area contributed by atoms with Gasteiger partial charge in [-0.25, -0.2) is 0 Å². The predicted octanol–water partition coefficient (Wildman–Crippen LogP) is 1.86. The van der Waals surface area contributed by atoms with Gasteiger partial charge >= 0.3 is 0 Å². The summed E-state index contributed by atoms with van der Waals surface area (Å²) < 4.78 is 0. The zero-order chi connectivity index (χ0) is 8.97. The first-order valence-electron chi connectivity index (χ1n) is 3.98. The van der Waals surface area contributed by atoms with Gasteiger partial charge in [0.25, 0.3) is 0 Å². The molecule has 1 rings (SSSR count). The molecule has 64 valence electrons. The molecule has 0 aliphatic heterocycles. The Morgan fingerprint density at radius 1 is 1.33 bits per heavy atom. The summed E-state index contributed by atoms with van der Waals surface area (Å²) in [6.07, 6.45) is 0.532. The molecular weight excluding hydrogens is 150 g/mol. The molecule has 1 N–H and O–H groups in total. The van der Waals surface area contributed by atoms with E-state index in [1.54, 1.807) is 6.92 Å². The van der Waals surface area contributed by atoms with Crippen molar-refractivity contribution in [2.24, 2.45) is 0 Å². The fourth-order valence-corrected chi connectivity index (χ4v) is 1.08. The average molecular weight is 163 g/mol. The predicted molar refractivity (Wildman–Crippen MR) is 50.4 cm³/mol. The molecule has 0 heterocycles. The van der Waals surface area contributed by atoms with E-state index < -0.39 is 0 Å². The minimum absolute atomic E-state index is 0.201. The Morgan fingerprint density at radius 2 is 1.92 bits per heavy atom. The van der Waals surface area contributed by atoms with Gasteiger partial charge in [-0.15, -0.1) is 0 Å². The van der Waals surface area contributed by atoms with Crippen LogP contribution < -0.4 is 5.32 Å². The van der Waals surface area contributed by atoms with Crippen LogP contribution in [0.15, 0.2) is 24.3 Å². The van der Waals surface area contributed by atoms with Crippen molar-refractivity contribution < 1.29 is 4.79 Å². The van der Waals surface area contributed by atoms with Crippen LogP contribution in [-0.2, 0) is 11.2 Å². The van der Waals surface area contributed by atoms with Gasteiger partial charge in [0.2, 0.25) is 0 Å². The summed E-state index contributed by atoms with van der Waals surface area (Å²) in [6.45, 7) is 1.60. The van der Waals surface area contributed by atoms with Crippen molar-refractivity contribution in [3.8, 4) is 0 Å². The molecule has 0 saturated carbocycles. The Morgan fingerprint density at radius 3 is 2.33 bits per heavy atom. The van der Waals surface area contributed by atoms with Crippen molar-refractivity contribution in [2.45, 2.75) is 13.3 Å². The third kappa shape index (κ3) is 2.38. The van der Waals surface area contributed by atoms with E-state index in [1.807, 2.05) is 31.3 Å². The van der Waals surface area contributed by atoms with Gasteiger partial charge in [-0.2, -0.15) is 0 Å². The molecule has 0 spiro atoms. The van der Waals surface area contributed by atoms with Crippen molar-refractivity contribution in [1.29, 1.82) is 0 Å². The van der Waals surface area contributed by atoms with Gasteiger partial charge in [0.05, 0.1) is 0 Å². The molecule has 0 aliphatic carbocycles.